The molecule has 0 atom stereocenters. The predicted molar refractivity (Wildman–Crippen MR) is 114 cm³/mol. The van der Waals surface area contributed by atoms with Crippen LogP contribution in [0.1, 0.15) is 0 Å². The van der Waals surface area contributed by atoms with Gasteiger partial charge in [-0.2, -0.15) is 0 Å². The molecule has 8 nitrogen and oxygen atoms in total. The Kier molecular flexibility index (Phi) is 5.04. The van der Waals surface area contributed by atoms with Crippen molar-refractivity contribution in [1.82, 2.24) is 14.4 Å². The lowest BCUT2D eigenvalue weighted by molar-refractivity contribution is 0.355. The molecule has 0 aliphatic rings. The molecule has 4 rings (SSSR count). The van der Waals surface area contributed by atoms with Crippen LogP contribution < -0.4 is 14.8 Å². The Balaban J connectivity index is 1.84. The van der Waals surface area contributed by atoms with Crippen LogP contribution in [-0.2, 0) is 9.84 Å². The van der Waals surface area contributed by atoms with Crippen LogP contribution >= 0.6 is 0 Å². The SMILES string of the molecule is COc1ccc(-c2cc3nccn3c(Nc3ccccc3S(C)(=O)=O)n2)cc1OC. The Labute approximate surface area is 174 Å². The molecule has 2 aromatic carbocycles. The number of aromatic nitrogens is 3. The van der Waals surface area contributed by atoms with Crippen molar-refractivity contribution in [2.24, 2.45) is 0 Å². The van der Waals surface area contributed by atoms with E-state index in [9.17, 15) is 8.42 Å². The van der Waals surface area contributed by atoms with Crippen LogP contribution in [-0.4, -0.2) is 43.3 Å². The van der Waals surface area contributed by atoms with Gasteiger partial charge in [0, 0.05) is 30.3 Å². The molecule has 0 bridgehead atoms. The first-order chi connectivity index (χ1) is 14.4. The van der Waals surface area contributed by atoms with Crippen molar-refractivity contribution in [3.63, 3.8) is 0 Å². The highest BCUT2D eigenvalue weighted by Gasteiger charge is 2.16. The fraction of sp³-hybridized carbons (Fsp3) is 0.143. The van der Waals surface area contributed by atoms with Gasteiger partial charge in [0.05, 0.1) is 30.5 Å². The number of anilines is 2. The molecule has 0 amide bonds. The van der Waals surface area contributed by atoms with Gasteiger partial charge in [-0.15, -0.1) is 0 Å². The van der Waals surface area contributed by atoms with Crippen molar-refractivity contribution in [3.05, 3.63) is 60.9 Å². The van der Waals surface area contributed by atoms with E-state index in [1.807, 2.05) is 18.2 Å². The van der Waals surface area contributed by atoms with Gasteiger partial charge < -0.3 is 14.8 Å². The summed E-state index contributed by atoms with van der Waals surface area (Å²) in [6.45, 7) is 0. The third-order valence-electron chi connectivity index (χ3n) is 4.60. The smallest absolute Gasteiger partial charge is 0.213 e. The van der Waals surface area contributed by atoms with E-state index in [-0.39, 0.29) is 4.90 Å². The standard InChI is InChI=1S/C21H20N4O4S/c1-28-17-9-8-14(12-18(17)29-2)16-13-20-22-10-11-25(20)21(24-16)23-15-6-4-5-7-19(15)30(3,26)27/h4-13H,1-3H3,(H,23,24). The predicted octanol–water partition coefficient (Wildman–Crippen LogP) is 3.56. The monoisotopic (exact) mass is 424 g/mol. The molecule has 30 heavy (non-hydrogen) atoms. The van der Waals surface area contributed by atoms with E-state index in [1.165, 1.54) is 6.26 Å². The Bertz CT molecular complexity index is 1330. The first kappa shape index (κ1) is 19.7. The van der Waals surface area contributed by atoms with Crippen molar-refractivity contribution in [1.29, 1.82) is 0 Å². The topological polar surface area (TPSA) is 94.8 Å². The van der Waals surface area contributed by atoms with Crippen LogP contribution in [0.4, 0.5) is 11.6 Å². The minimum atomic E-state index is -3.42. The summed E-state index contributed by atoms with van der Waals surface area (Å²) in [5.74, 6) is 1.63. The van der Waals surface area contributed by atoms with Gasteiger partial charge in [-0.1, -0.05) is 12.1 Å². The minimum Gasteiger partial charge on any atom is -0.493 e. The summed E-state index contributed by atoms with van der Waals surface area (Å²) in [6, 6.07) is 14.0. The first-order valence-corrected chi connectivity index (χ1v) is 10.9. The molecule has 0 saturated heterocycles. The van der Waals surface area contributed by atoms with E-state index in [2.05, 4.69) is 10.3 Å². The highest BCUT2D eigenvalue weighted by molar-refractivity contribution is 7.90. The van der Waals surface area contributed by atoms with Crippen LogP contribution in [0.5, 0.6) is 11.5 Å². The average Bonchev–Trinajstić information content (AvgIpc) is 3.22. The average molecular weight is 424 g/mol. The molecule has 2 heterocycles. The Hall–Kier alpha value is -3.59. The number of hydrogen-bond acceptors (Lipinski definition) is 7. The molecule has 0 saturated carbocycles. The summed E-state index contributed by atoms with van der Waals surface area (Å²) in [5, 5.41) is 3.15. The molecule has 9 heteroatoms. The summed E-state index contributed by atoms with van der Waals surface area (Å²) in [6.07, 6.45) is 4.59. The molecule has 0 aliphatic carbocycles. The van der Waals surface area contributed by atoms with E-state index in [1.54, 1.807) is 61.3 Å². The van der Waals surface area contributed by atoms with Crippen molar-refractivity contribution in [2.75, 3.05) is 25.8 Å². The Morgan fingerprint density at radius 2 is 1.77 bits per heavy atom. The lowest BCUT2D eigenvalue weighted by atomic mass is 10.1. The van der Waals surface area contributed by atoms with Crippen LogP contribution in [0.2, 0.25) is 0 Å². The van der Waals surface area contributed by atoms with Crippen molar-refractivity contribution in [3.8, 4) is 22.8 Å². The number of para-hydroxylation sites is 1. The molecule has 2 aromatic heterocycles. The number of imidazole rings is 1. The van der Waals surface area contributed by atoms with E-state index in [0.717, 1.165) is 5.56 Å². The number of fused-ring (bicyclic) bond motifs is 1. The van der Waals surface area contributed by atoms with Crippen molar-refractivity contribution in [2.45, 2.75) is 4.90 Å². The molecule has 0 fully saturated rings. The van der Waals surface area contributed by atoms with Crippen LogP contribution in [0, 0.1) is 0 Å². The second-order valence-electron chi connectivity index (χ2n) is 6.58. The van der Waals surface area contributed by atoms with Gasteiger partial charge in [-0.05, 0) is 30.3 Å². The minimum absolute atomic E-state index is 0.191. The number of nitrogens with one attached hydrogen (secondary N) is 1. The third kappa shape index (κ3) is 3.67. The normalized spacial score (nSPS) is 11.4. The zero-order valence-corrected chi connectivity index (χ0v) is 17.5. The van der Waals surface area contributed by atoms with Gasteiger partial charge in [0.2, 0.25) is 5.95 Å². The number of sulfone groups is 1. The van der Waals surface area contributed by atoms with Gasteiger partial charge in [-0.3, -0.25) is 4.40 Å². The maximum Gasteiger partial charge on any atom is 0.213 e. The largest absolute Gasteiger partial charge is 0.493 e. The van der Waals surface area contributed by atoms with Gasteiger partial charge in [0.1, 0.15) is 5.65 Å². The zero-order chi connectivity index (χ0) is 21.3. The van der Waals surface area contributed by atoms with E-state index in [4.69, 9.17) is 14.5 Å². The number of benzene rings is 2. The Morgan fingerprint density at radius 1 is 1.00 bits per heavy atom. The summed E-state index contributed by atoms with van der Waals surface area (Å²) in [4.78, 5) is 9.27. The van der Waals surface area contributed by atoms with Crippen LogP contribution in [0.3, 0.4) is 0 Å². The second kappa shape index (κ2) is 7.68. The van der Waals surface area contributed by atoms with E-state index < -0.39 is 9.84 Å². The van der Waals surface area contributed by atoms with Crippen LogP contribution in [0.25, 0.3) is 16.9 Å². The quantitative estimate of drug-likeness (QED) is 0.506. The maximum atomic E-state index is 12.2. The van der Waals surface area contributed by atoms with E-state index >= 15 is 0 Å². The van der Waals surface area contributed by atoms with Gasteiger partial charge >= 0.3 is 0 Å². The molecule has 0 unspecified atom stereocenters. The van der Waals surface area contributed by atoms with Gasteiger partial charge in [-0.25, -0.2) is 18.4 Å². The zero-order valence-electron chi connectivity index (χ0n) is 16.7. The van der Waals surface area contributed by atoms with Crippen molar-refractivity contribution >= 4 is 27.1 Å². The van der Waals surface area contributed by atoms with Crippen LogP contribution in [0.15, 0.2) is 65.8 Å². The lowest BCUT2D eigenvalue weighted by Gasteiger charge is -2.14. The number of hydrogen-bond donors (Lipinski definition) is 1. The second-order valence-corrected chi connectivity index (χ2v) is 8.57. The molecule has 0 spiro atoms. The molecule has 154 valence electrons. The van der Waals surface area contributed by atoms with Gasteiger partial charge in [0.25, 0.3) is 0 Å². The van der Waals surface area contributed by atoms with E-state index in [0.29, 0.717) is 34.5 Å². The maximum absolute atomic E-state index is 12.2. The fourth-order valence-electron chi connectivity index (χ4n) is 3.17. The number of methoxy groups -OCH3 is 2. The molecular formula is C21H20N4O4S. The van der Waals surface area contributed by atoms with Crippen molar-refractivity contribution < 1.29 is 17.9 Å². The highest BCUT2D eigenvalue weighted by atomic mass is 32.2. The molecule has 0 aliphatic heterocycles. The first-order valence-electron chi connectivity index (χ1n) is 9.03. The summed E-state index contributed by atoms with van der Waals surface area (Å²) >= 11 is 0. The highest BCUT2D eigenvalue weighted by Crippen LogP contribution is 2.33. The third-order valence-corrected chi connectivity index (χ3v) is 5.76. The summed E-state index contributed by atoms with van der Waals surface area (Å²) in [5.41, 5.74) is 2.55. The summed E-state index contributed by atoms with van der Waals surface area (Å²) < 4.78 is 36.8. The summed E-state index contributed by atoms with van der Waals surface area (Å²) in [7, 11) is -0.270. The molecule has 1 N–H and O–H groups in total. The number of nitrogens with zero attached hydrogens (tertiary/aromatic N) is 3. The molecule has 4 aromatic rings. The fourth-order valence-corrected chi connectivity index (χ4v) is 4.01. The Morgan fingerprint density at radius 3 is 2.50 bits per heavy atom. The molecular weight excluding hydrogens is 404 g/mol. The number of rotatable bonds is 6. The van der Waals surface area contributed by atoms with Gasteiger partial charge in [0.15, 0.2) is 21.3 Å². The number of ether oxygens (including phenoxy) is 2. The molecule has 0 radical (unpaired) electrons. The lowest BCUT2D eigenvalue weighted by Crippen LogP contribution is -2.07.